The molecule has 0 aliphatic carbocycles. The molecule has 0 bridgehead atoms. The van der Waals surface area contributed by atoms with Crippen molar-refractivity contribution in [2.24, 2.45) is 5.14 Å². The average molecular weight is 251 g/mol. The number of ether oxygens (including phenoxy) is 1. The van der Waals surface area contributed by atoms with Crippen LogP contribution in [0.25, 0.3) is 0 Å². The van der Waals surface area contributed by atoms with Gasteiger partial charge in [0.15, 0.2) is 0 Å². The SMILES string of the molecule is NS(=O)(=O)C1COC1.O=C(O)C(F)(F)F. The summed E-state index contributed by atoms with van der Waals surface area (Å²) >= 11 is 0. The first-order valence-corrected chi connectivity index (χ1v) is 5.05. The van der Waals surface area contributed by atoms with Gasteiger partial charge in [-0.05, 0) is 0 Å². The molecule has 0 aromatic rings. The van der Waals surface area contributed by atoms with Crippen molar-refractivity contribution >= 4 is 16.0 Å². The van der Waals surface area contributed by atoms with E-state index < -0.39 is 27.4 Å². The molecule has 0 saturated carbocycles. The van der Waals surface area contributed by atoms with Crippen LogP contribution in [0.2, 0.25) is 0 Å². The highest BCUT2D eigenvalue weighted by molar-refractivity contribution is 7.89. The molecule has 1 rings (SSSR count). The Balaban J connectivity index is 0.000000265. The number of sulfonamides is 1. The molecule has 10 heteroatoms. The lowest BCUT2D eigenvalue weighted by atomic mass is 10.4. The lowest BCUT2D eigenvalue weighted by Gasteiger charge is -2.22. The van der Waals surface area contributed by atoms with Crippen LogP contribution < -0.4 is 5.14 Å². The van der Waals surface area contributed by atoms with Crippen LogP contribution in [0.5, 0.6) is 0 Å². The predicted molar refractivity (Wildman–Crippen MR) is 41.4 cm³/mol. The van der Waals surface area contributed by atoms with E-state index in [0.29, 0.717) is 0 Å². The molecule has 0 aromatic heterocycles. The van der Waals surface area contributed by atoms with Crippen molar-refractivity contribution in [3.05, 3.63) is 0 Å². The number of nitrogens with two attached hydrogens (primary N) is 1. The molecule has 1 aliphatic rings. The van der Waals surface area contributed by atoms with E-state index in [4.69, 9.17) is 15.0 Å². The van der Waals surface area contributed by atoms with E-state index in [2.05, 4.69) is 4.74 Å². The van der Waals surface area contributed by atoms with Crippen LogP contribution in [-0.4, -0.2) is 44.1 Å². The largest absolute Gasteiger partial charge is 0.490 e. The molecule has 0 aromatic carbocycles. The van der Waals surface area contributed by atoms with Crippen LogP contribution in [0.4, 0.5) is 13.2 Å². The smallest absolute Gasteiger partial charge is 0.475 e. The number of alkyl halides is 3. The molecule has 0 amide bonds. The molecular formula is C5H8F3NO5S. The van der Waals surface area contributed by atoms with Gasteiger partial charge in [0, 0.05) is 0 Å². The fraction of sp³-hybridized carbons (Fsp3) is 0.800. The van der Waals surface area contributed by atoms with Gasteiger partial charge in [-0.3, -0.25) is 0 Å². The van der Waals surface area contributed by atoms with Gasteiger partial charge in [-0.15, -0.1) is 0 Å². The standard InChI is InChI=1S/C3H7NO3S.C2HF3O2/c4-8(5,6)3-1-7-2-3;3-2(4,5)1(6)7/h3H,1-2H2,(H2,4,5,6);(H,6,7). The van der Waals surface area contributed by atoms with E-state index >= 15 is 0 Å². The van der Waals surface area contributed by atoms with Gasteiger partial charge in [-0.25, -0.2) is 18.4 Å². The molecule has 3 N–H and O–H groups in total. The number of aliphatic carboxylic acids is 1. The van der Waals surface area contributed by atoms with Gasteiger partial charge in [0.2, 0.25) is 10.0 Å². The van der Waals surface area contributed by atoms with Gasteiger partial charge in [0.1, 0.15) is 5.25 Å². The third kappa shape index (κ3) is 5.54. The number of rotatable bonds is 1. The van der Waals surface area contributed by atoms with Crippen LogP contribution >= 0.6 is 0 Å². The van der Waals surface area contributed by atoms with Gasteiger partial charge in [-0.1, -0.05) is 0 Å². The van der Waals surface area contributed by atoms with Crippen molar-refractivity contribution in [2.75, 3.05) is 13.2 Å². The highest BCUT2D eigenvalue weighted by atomic mass is 32.2. The van der Waals surface area contributed by atoms with Crippen molar-refractivity contribution < 1.29 is 36.2 Å². The first kappa shape index (κ1) is 14.1. The van der Waals surface area contributed by atoms with Crippen molar-refractivity contribution in [3.63, 3.8) is 0 Å². The Labute approximate surface area is 82.9 Å². The van der Waals surface area contributed by atoms with Crippen molar-refractivity contribution in [2.45, 2.75) is 11.4 Å². The second-order valence-corrected chi connectivity index (χ2v) is 4.40. The van der Waals surface area contributed by atoms with Crippen LogP contribution in [0, 0.1) is 0 Å². The highest BCUT2D eigenvalue weighted by Crippen LogP contribution is 2.13. The van der Waals surface area contributed by atoms with Gasteiger partial charge in [-0.2, -0.15) is 13.2 Å². The molecule has 1 saturated heterocycles. The number of halogens is 3. The van der Waals surface area contributed by atoms with E-state index in [-0.39, 0.29) is 13.2 Å². The Kier molecular flexibility index (Phi) is 4.49. The van der Waals surface area contributed by atoms with Gasteiger partial charge >= 0.3 is 12.1 Å². The lowest BCUT2D eigenvalue weighted by molar-refractivity contribution is -0.192. The highest BCUT2D eigenvalue weighted by Gasteiger charge is 2.38. The molecule has 1 aliphatic heterocycles. The molecule has 0 radical (unpaired) electrons. The summed E-state index contributed by atoms with van der Waals surface area (Å²) in [5, 5.41) is 11.4. The van der Waals surface area contributed by atoms with Gasteiger partial charge in [0.05, 0.1) is 13.2 Å². The first-order valence-electron chi connectivity index (χ1n) is 3.44. The summed E-state index contributed by atoms with van der Waals surface area (Å²) in [5.74, 6) is -2.76. The lowest BCUT2D eigenvalue weighted by Crippen LogP contribution is -2.44. The van der Waals surface area contributed by atoms with E-state index in [0.717, 1.165) is 0 Å². The second-order valence-electron chi connectivity index (χ2n) is 2.55. The number of hydrogen-bond donors (Lipinski definition) is 2. The van der Waals surface area contributed by atoms with Crippen molar-refractivity contribution in [1.82, 2.24) is 0 Å². The summed E-state index contributed by atoms with van der Waals surface area (Å²) in [6.07, 6.45) is -5.08. The summed E-state index contributed by atoms with van der Waals surface area (Å²) in [6, 6.07) is 0. The average Bonchev–Trinajstić information content (AvgIpc) is 1.76. The molecule has 1 fully saturated rings. The summed E-state index contributed by atoms with van der Waals surface area (Å²) in [7, 11) is -3.29. The summed E-state index contributed by atoms with van der Waals surface area (Å²) < 4.78 is 57.0. The van der Waals surface area contributed by atoms with E-state index in [1.807, 2.05) is 0 Å². The second kappa shape index (κ2) is 4.77. The maximum Gasteiger partial charge on any atom is 0.490 e. The minimum atomic E-state index is -5.08. The number of hydrogen-bond acceptors (Lipinski definition) is 4. The minimum Gasteiger partial charge on any atom is -0.475 e. The molecular weight excluding hydrogens is 243 g/mol. The molecule has 15 heavy (non-hydrogen) atoms. The van der Waals surface area contributed by atoms with E-state index in [9.17, 15) is 21.6 Å². The third-order valence-electron chi connectivity index (χ3n) is 1.31. The monoisotopic (exact) mass is 251 g/mol. The van der Waals surface area contributed by atoms with Gasteiger partial charge in [0.25, 0.3) is 0 Å². The Bertz CT molecular complexity index is 320. The van der Waals surface area contributed by atoms with Crippen LogP contribution in [0.3, 0.4) is 0 Å². The van der Waals surface area contributed by atoms with E-state index in [1.54, 1.807) is 0 Å². The minimum absolute atomic E-state index is 0.263. The Morgan fingerprint density at radius 3 is 1.73 bits per heavy atom. The number of carboxylic acids is 1. The molecule has 0 unspecified atom stereocenters. The molecule has 0 spiro atoms. The zero-order chi connectivity index (χ0) is 12.3. The van der Waals surface area contributed by atoms with E-state index in [1.165, 1.54) is 0 Å². The van der Waals surface area contributed by atoms with Crippen molar-refractivity contribution in [3.8, 4) is 0 Å². The fourth-order valence-electron chi connectivity index (χ4n) is 0.404. The first-order chi connectivity index (χ1) is 6.55. The summed E-state index contributed by atoms with van der Waals surface area (Å²) in [4.78, 5) is 8.90. The molecule has 0 atom stereocenters. The maximum absolute atomic E-state index is 10.6. The Hall–Kier alpha value is -0.870. The van der Waals surface area contributed by atoms with Crippen LogP contribution in [0.15, 0.2) is 0 Å². The number of carbonyl (C=O) groups is 1. The number of primary sulfonamides is 1. The number of carboxylic acid groups (broad SMARTS) is 1. The zero-order valence-corrected chi connectivity index (χ0v) is 8.01. The zero-order valence-electron chi connectivity index (χ0n) is 7.19. The fourth-order valence-corrected chi connectivity index (χ4v) is 0.976. The molecule has 6 nitrogen and oxygen atoms in total. The van der Waals surface area contributed by atoms with Crippen LogP contribution in [0.1, 0.15) is 0 Å². The van der Waals surface area contributed by atoms with Gasteiger partial charge < -0.3 is 9.84 Å². The predicted octanol–water partition coefficient (Wildman–Crippen LogP) is -0.693. The van der Waals surface area contributed by atoms with Crippen LogP contribution in [-0.2, 0) is 19.6 Å². The van der Waals surface area contributed by atoms with Crippen molar-refractivity contribution in [1.29, 1.82) is 0 Å². The summed E-state index contributed by atoms with van der Waals surface area (Å²) in [5.41, 5.74) is 0. The normalized spacial score (nSPS) is 17.3. The third-order valence-corrected chi connectivity index (χ3v) is 2.52. The Morgan fingerprint density at radius 2 is 1.73 bits per heavy atom. The quantitative estimate of drug-likeness (QED) is 0.641. The topological polar surface area (TPSA) is 107 Å². The molecule has 90 valence electrons. The molecule has 1 heterocycles. The summed E-state index contributed by atoms with van der Waals surface area (Å²) in [6.45, 7) is 0.525. The maximum atomic E-state index is 10.6. The Morgan fingerprint density at radius 1 is 1.40 bits per heavy atom.